The van der Waals surface area contributed by atoms with Crippen LogP contribution in [0.15, 0.2) is 18.2 Å². The summed E-state index contributed by atoms with van der Waals surface area (Å²) in [6.07, 6.45) is 1.30. The van der Waals surface area contributed by atoms with Gasteiger partial charge in [-0.15, -0.1) is 0 Å². The lowest BCUT2D eigenvalue weighted by Gasteiger charge is -2.19. The van der Waals surface area contributed by atoms with Crippen LogP contribution in [0.2, 0.25) is 0 Å². The summed E-state index contributed by atoms with van der Waals surface area (Å²) in [4.78, 5) is 4.50. The van der Waals surface area contributed by atoms with Gasteiger partial charge < -0.3 is 9.47 Å². The molecule has 0 aliphatic carbocycles. The third kappa shape index (κ3) is 2.98. The Balaban J connectivity index is 1.64. The Kier molecular flexibility index (Phi) is 3.71. The molecule has 8 heteroatoms. The van der Waals surface area contributed by atoms with E-state index in [9.17, 15) is 8.42 Å². The van der Waals surface area contributed by atoms with Gasteiger partial charge in [0.25, 0.3) is 0 Å². The van der Waals surface area contributed by atoms with Crippen LogP contribution in [0.1, 0.15) is 18.1 Å². The average Bonchev–Trinajstić information content (AvgIpc) is 3.09. The Morgan fingerprint density at radius 3 is 2.79 bits per heavy atom. The Hall–Kier alpha value is -2.09. The van der Waals surface area contributed by atoms with Crippen molar-refractivity contribution in [3.8, 4) is 17.2 Å². The minimum absolute atomic E-state index is 0.106. The van der Waals surface area contributed by atoms with Gasteiger partial charge >= 0.3 is 0 Å². The van der Waals surface area contributed by atoms with Gasteiger partial charge in [0.05, 0.1) is 17.2 Å². The van der Waals surface area contributed by atoms with Crippen molar-refractivity contribution in [3.63, 3.8) is 0 Å². The maximum absolute atomic E-state index is 11.7. The number of nitrogens with zero attached hydrogens (tertiary/aromatic N) is 3. The van der Waals surface area contributed by atoms with Gasteiger partial charge in [0.1, 0.15) is 24.9 Å². The number of sulfone groups is 1. The zero-order chi connectivity index (χ0) is 16.7. The summed E-state index contributed by atoms with van der Waals surface area (Å²) in [5.74, 6) is 3.49. The highest BCUT2D eigenvalue weighted by Gasteiger charge is 2.29. The van der Waals surface area contributed by atoms with Crippen LogP contribution >= 0.6 is 0 Å². The van der Waals surface area contributed by atoms with Gasteiger partial charge in [-0.25, -0.2) is 18.1 Å². The van der Waals surface area contributed by atoms with Crippen LogP contribution < -0.4 is 9.47 Å². The first-order valence-electron chi connectivity index (χ1n) is 8.03. The second-order valence-corrected chi connectivity index (χ2v) is 8.52. The van der Waals surface area contributed by atoms with Crippen molar-refractivity contribution in [2.45, 2.75) is 19.8 Å². The maximum atomic E-state index is 11.7. The highest BCUT2D eigenvalue weighted by atomic mass is 32.2. The second kappa shape index (κ2) is 5.77. The number of rotatable bonds is 3. The fraction of sp³-hybridized carbons (Fsp3) is 0.500. The van der Waals surface area contributed by atoms with Crippen LogP contribution in [0.25, 0.3) is 5.69 Å². The van der Waals surface area contributed by atoms with Gasteiger partial charge in [-0.2, -0.15) is 5.10 Å². The summed E-state index contributed by atoms with van der Waals surface area (Å²) in [7, 11) is -2.89. The molecule has 1 aromatic carbocycles. The molecular weight excluding hydrogens is 330 g/mol. The molecular formula is C16H19N3O4S. The number of fused-ring (bicyclic) bond motifs is 1. The van der Waals surface area contributed by atoms with Crippen LogP contribution in [0.3, 0.4) is 0 Å². The van der Waals surface area contributed by atoms with E-state index in [0.717, 1.165) is 17.3 Å². The third-order valence-electron chi connectivity index (χ3n) is 4.35. The third-order valence-corrected chi connectivity index (χ3v) is 6.19. The summed E-state index contributed by atoms with van der Waals surface area (Å²) in [6.45, 7) is 2.92. The summed E-state index contributed by atoms with van der Waals surface area (Å²) in [5, 5.41) is 4.47. The lowest BCUT2D eigenvalue weighted by atomic mass is 10.1. The van der Waals surface area contributed by atoms with E-state index in [-0.39, 0.29) is 17.4 Å². The van der Waals surface area contributed by atoms with E-state index in [1.165, 1.54) is 0 Å². The minimum Gasteiger partial charge on any atom is -0.486 e. The Morgan fingerprint density at radius 1 is 1.25 bits per heavy atom. The van der Waals surface area contributed by atoms with Crippen molar-refractivity contribution in [2.24, 2.45) is 5.92 Å². The van der Waals surface area contributed by atoms with Gasteiger partial charge in [0.15, 0.2) is 21.3 Å². The number of hydrogen-bond donors (Lipinski definition) is 0. The van der Waals surface area contributed by atoms with Crippen molar-refractivity contribution in [3.05, 3.63) is 29.8 Å². The Morgan fingerprint density at radius 2 is 2.04 bits per heavy atom. The zero-order valence-electron chi connectivity index (χ0n) is 13.4. The maximum Gasteiger partial charge on any atom is 0.163 e. The van der Waals surface area contributed by atoms with Crippen molar-refractivity contribution in [1.82, 2.24) is 14.8 Å². The smallest absolute Gasteiger partial charge is 0.163 e. The molecule has 2 aliphatic rings. The van der Waals surface area contributed by atoms with Gasteiger partial charge in [0.2, 0.25) is 0 Å². The number of aromatic nitrogens is 3. The predicted molar refractivity (Wildman–Crippen MR) is 87.6 cm³/mol. The fourth-order valence-corrected chi connectivity index (χ4v) is 5.11. The van der Waals surface area contributed by atoms with Crippen LogP contribution in [-0.2, 0) is 16.3 Å². The van der Waals surface area contributed by atoms with E-state index < -0.39 is 9.84 Å². The molecule has 3 heterocycles. The molecule has 4 rings (SSSR count). The first-order valence-corrected chi connectivity index (χ1v) is 9.85. The summed E-state index contributed by atoms with van der Waals surface area (Å²) < 4.78 is 36.3. The predicted octanol–water partition coefficient (Wildman–Crippen LogP) is 1.32. The molecule has 1 unspecified atom stereocenters. The van der Waals surface area contributed by atoms with Crippen LogP contribution in [-0.4, -0.2) is 47.9 Å². The van der Waals surface area contributed by atoms with Crippen LogP contribution in [0.5, 0.6) is 11.5 Å². The zero-order valence-corrected chi connectivity index (χ0v) is 14.3. The van der Waals surface area contributed by atoms with Gasteiger partial charge in [0, 0.05) is 12.5 Å². The van der Waals surface area contributed by atoms with Gasteiger partial charge in [-0.05, 0) is 31.4 Å². The fourth-order valence-electron chi connectivity index (χ4n) is 3.25. The van der Waals surface area contributed by atoms with E-state index in [1.54, 1.807) is 4.68 Å². The molecule has 1 aromatic heterocycles. The molecule has 0 amide bonds. The Bertz CT molecular complexity index is 875. The van der Waals surface area contributed by atoms with Crippen molar-refractivity contribution < 1.29 is 17.9 Å². The molecule has 0 saturated carbocycles. The highest BCUT2D eigenvalue weighted by molar-refractivity contribution is 7.91. The van der Waals surface area contributed by atoms with Gasteiger partial charge in [-0.3, -0.25) is 0 Å². The molecule has 2 aromatic rings. The summed E-state index contributed by atoms with van der Waals surface area (Å²) in [5.41, 5.74) is 0.843. The summed E-state index contributed by atoms with van der Waals surface area (Å²) in [6, 6.07) is 5.67. The molecule has 0 bridgehead atoms. The average molecular weight is 349 g/mol. The van der Waals surface area contributed by atoms with Crippen molar-refractivity contribution in [1.29, 1.82) is 0 Å². The van der Waals surface area contributed by atoms with Crippen LogP contribution in [0.4, 0.5) is 0 Å². The summed E-state index contributed by atoms with van der Waals surface area (Å²) >= 11 is 0. The molecule has 7 nitrogen and oxygen atoms in total. The molecule has 1 atom stereocenters. The number of benzene rings is 1. The Labute approximate surface area is 140 Å². The van der Waals surface area contributed by atoms with E-state index in [2.05, 4.69) is 10.1 Å². The number of hydrogen-bond acceptors (Lipinski definition) is 6. The van der Waals surface area contributed by atoms with Gasteiger partial charge in [-0.1, -0.05) is 0 Å². The first-order chi connectivity index (χ1) is 11.5. The lowest BCUT2D eigenvalue weighted by Crippen LogP contribution is -2.16. The van der Waals surface area contributed by atoms with E-state index >= 15 is 0 Å². The molecule has 2 aliphatic heterocycles. The van der Waals surface area contributed by atoms with E-state index in [1.807, 2.05) is 25.1 Å². The topological polar surface area (TPSA) is 83.3 Å². The highest BCUT2D eigenvalue weighted by Crippen LogP contribution is 2.32. The standard InChI is InChI=1S/C16H19N3O4S/c1-11-17-16(8-12-4-7-24(20,21)10-12)19(18-11)13-2-3-14-15(9-13)23-6-5-22-14/h2-3,9,12H,4-8,10H2,1H3. The van der Waals surface area contributed by atoms with E-state index in [4.69, 9.17) is 9.47 Å². The molecule has 1 fully saturated rings. The van der Waals surface area contributed by atoms with Crippen molar-refractivity contribution in [2.75, 3.05) is 24.7 Å². The molecule has 128 valence electrons. The molecule has 0 spiro atoms. The number of ether oxygens (including phenoxy) is 2. The quantitative estimate of drug-likeness (QED) is 0.831. The second-order valence-electron chi connectivity index (χ2n) is 6.29. The molecule has 0 N–H and O–H groups in total. The minimum atomic E-state index is -2.89. The number of aryl methyl sites for hydroxylation is 1. The lowest BCUT2D eigenvalue weighted by molar-refractivity contribution is 0.171. The molecule has 24 heavy (non-hydrogen) atoms. The monoisotopic (exact) mass is 349 g/mol. The molecule has 1 saturated heterocycles. The normalized spacial score (nSPS) is 21.8. The SMILES string of the molecule is Cc1nc(CC2CCS(=O)(=O)C2)n(-c2ccc3c(c2)OCCO3)n1. The molecule has 0 radical (unpaired) electrons. The largest absolute Gasteiger partial charge is 0.486 e. The first kappa shape index (κ1) is 15.4. The van der Waals surface area contributed by atoms with Crippen molar-refractivity contribution >= 4 is 9.84 Å². The van der Waals surface area contributed by atoms with Crippen LogP contribution in [0, 0.1) is 12.8 Å². The van der Waals surface area contributed by atoms with E-state index in [0.29, 0.717) is 37.6 Å².